The number of aryl methyl sites for hydroxylation is 1. The molecule has 0 fully saturated rings. The first-order chi connectivity index (χ1) is 9.88. The van der Waals surface area contributed by atoms with Gasteiger partial charge in [-0.2, -0.15) is 0 Å². The summed E-state index contributed by atoms with van der Waals surface area (Å²) in [5.74, 6) is 0. The number of halogens is 1. The van der Waals surface area contributed by atoms with Crippen LogP contribution in [0.5, 0.6) is 0 Å². The number of hydrogen-bond acceptors (Lipinski definition) is 3. The quantitative estimate of drug-likeness (QED) is 0.860. The SMILES string of the molecule is Cc1ccccc1CC(C)NS(=O)(=O)c1ccnc(Cl)c1. The fourth-order valence-electron chi connectivity index (χ4n) is 2.10. The average Bonchev–Trinajstić information content (AvgIpc) is 2.41. The Morgan fingerprint density at radius 3 is 2.67 bits per heavy atom. The summed E-state index contributed by atoms with van der Waals surface area (Å²) in [7, 11) is -3.59. The van der Waals surface area contributed by atoms with E-state index in [0.29, 0.717) is 6.42 Å². The van der Waals surface area contributed by atoms with Crippen LogP contribution in [-0.2, 0) is 16.4 Å². The Bertz CT molecular complexity index is 732. The lowest BCUT2D eigenvalue weighted by molar-refractivity contribution is 0.559. The molecule has 1 heterocycles. The van der Waals surface area contributed by atoms with Crippen molar-refractivity contribution in [2.45, 2.75) is 31.2 Å². The fourth-order valence-corrected chi connectivity index (χ4v) is 3.59. The van der Waals surface area contributed by atoms with Gasteiger partial charge in [0.05, 0.1) is 4.90 Å². The average molecular weight is 325 g/mol. The molecule has 0 aliphatic heterocycles. The van der Waals surface area contributed by atoms with Crippen LogP contribution in [0.1, 0.15) is 18.1 Å². The molecular weight excluding hydrogens is 308 g/mol. The van der Waals surface area contributed by atoms with Crippen LogP contribution in [0.4, 0.5) is 0 Å². The Kier molecular flexibility index (Phi) is 4.98. The standard InChI is InChI=1S/C15H17ClN2O2S/c1-11-5-3-4-6-13(11)9-12(2)18-21(19,20)14-7-8-17-15(16)10-14/h3-8,10,12,18H,9H2,1-2H3. The van der Waals surface area contributed by atoms with Crippen molar-refractivity contribution in [3.8, 4) is 0 Å². The van der Waals surface area contributed by atoms with E-state index in [0.717, 1.165) is 11.1 Å². The molecule has 6 heteroatoms. The molecule has 1 aromatic carbocycles. The number of aromatic nitrogens is 1. The normalized spacial score (nSPS) is 13.1. The van der Waals surface area contributed by atoms with Crippen LogP contribution >= 0.6 is 11.6 Å². The van der Waals surface area contributed by atoms with E-state index in [-0.39, 0.29) is 16.1 Å². The highest BCUT2D eigenvalue weighted by Gasteiger charge is 2.18. The van der Waals surface area contributed by atoms with Crippen molar-refractivity contribution >= 4 is 21.6 Å². The third kappa shape index (κ3) is 4.27. The minimum absolute atomic E-state index is 0.124. The van der Waals surface area contributed by atoms with Gasteiger partial charge in [-0.15, -0.1) is 0 Å². The number of sulfonamides is 1. The molecule has 2 rings (SSSR count). The van der Waals surface area contributed by atoms with Crippen molar-refractivity contribution in [3.63, 3.8) is 0 Å². The van der Waals surface area contributed by atoms with Gasteiger partial charge in [-0.3, -0.25) is 0 Å². The molecule has 21 heavy (non-hydrogen) atoms. The van der Waals surface area contributed by atoms with E-state index >= 15 is 0 Å². The molecule has 0 saturated heterocycles. The number of hydrogen-bond donors (Lipinski definition) is 1. The van der Waals surface area contributed by atoms with E-state index < -0.39 is 10.0 Å². The number of pyridine rings is 1. The molecule has 0 spiro atoms. The van der Waals surface area contributed by atoms with Crippen molar-refractivity contribution in [2.75, 3.05) is 0 Å². The predicted octanol–water partition coefficient (Wildman–Crippen LogP) is 2.95. The second-order valence-electron chi connectivity index (χ2n) is 4.97. The minimum Gasteiger partial charge on any atom is -0.244 e. The molecule has 1 aromatic heterocycles. The molecule has 0 saturated carbocycles. The monoisotopic (exact) mass is 324 g/mol. The summed E-state index contributed by atoms with van der Waals surface area (Å²) in [6, 6.07) is 10.5. The first-order valence-electron chi connectivity index (χ1n) is 6.57. The van der Waals surface area contributed by atoms with Crippen LogP contribution in [0.15, 0.2) is 47.5 Å². The lowest BCUT2D eigenvalue weighted by atomic mass is 10.0. The summed E-state index contributed by atoms with van der Waals surface area (Å²) in [4.78, 5) is 3.91. The lowest BCUT2D eigenvalue weighted by Gasteiger charge is -2.15. The van der Waals surface area contributed by atoms with Gasteiger partial charge in [0.25, 0.3) is 0 Å². The molecular formula is C15H17ClN2O2S. The molecule has 0 aliphatic rings. The van der Waals surface area contributed by atoms with Crippen molar-refractivity contribution in [1.29, 1.82) is 0 Å². The zero-order valence-corrected chi connectivity index (χ0v) is 13.4. The van der Waals surface area contributed by atoms with E-state index in [9.17, 15) is 8.42 Å². The summed E-state index contributed by atoms with van der Waals surface area (Å²) in [5, 5.41) is 0.157. The molecule has 4 nitrogen and oxygen atoms in total. The van der Waals surface area contributed by atoms with Crippen LogP contribution in [-0.4, -0.2) is 19.4 Å². The van der Waals surface area contributed by atoms with Gasteiger partial charge < -0.3 is 0 Å². The molecule has 1 unspecified atom stereocenters. The highest BCUT2D eigenvalue weighted by atomic mass is 35.5. The van der Waals surface area contributed by atoms with Crippen LogP contribution in [0, 0.1) is 6.92 Å². The highest BCUT2D eigenvalue weighted by Crippen LogP contribution is 2.15. The summed E-state index contributed by atoms with van der Waals surface area (Å²) in [5.41, 5.74) is 2.27. The topological polar surface area (TPSA) is 59.1 Å². The Labute approximate surface area is 130 Å². The van der Waals surface area contributed by atoms with E-state index in [1.807, 2.05) is 38.1 Å². The van der Waals surface area contributed by atoms with Crippen molar-refractivity contribution < 1.29 is 8.42 Å². The minimum atomic E-state index is -3.59. The van der Waals surface area contributed by atoms with Gasteiger partial charge in [-0.1, -0.05) is 35.9 Å². The van der Waals surface area contributed by atoms with E-state index in [2.05, 4.69) is 9.71 Å². The van der Waals surface area contributed by atoms with Gasteiger partial charge in [0.2, 0.25) is 10.0 Å². The second kappa shape index (κ2) is 6.56. The van der Waals surface area contributed by atoms with Crippen LogP contribution < -0.4 is 4.72 Å². The predicted molar refractivity (Wildman–Crippen MR) is 83.9 cm³/mol. The van der Waals surface area contributed by atoms with E-state index in [1.165, 1.54) is 18.3 Å². The third-order valence-electron chi connectivity index (χ3n) is 3.15. The van der Waals surface area contributed by atoms with Crippen molar-refractivity contribution in [2.24, 2.45) is 0 Å². The smallest absolute Gasteiger partial charge is 0.240 e. The third-order valence-corrected chi connectivity index (χ3v) is 4.95. The zero-order chi connectivity index (χ0) is 15.5. The van der Waals surface area contributed by atoms with Crippen LogP contribution in [0.25, 0.3) is 0 Å². The number of nitrogens with one attached hydrogen (secondary N) is 1. The number of benzene rings is 1. The molecule has 112 valence electrons. The van der Waals surface area contributed by atoms with Gasteiger partial charge in [0.1, 0.15) is 5.15 Å². The first-order valence-corrected chi connectivity index (χ1v) is 8.43. The molecule has 1 N–H and O–H groups in total. The van der Waals surface area contributed by atoms with E-state index in [4.69, 9.17) is 11.6 Å². The van der Waals surface area contributed by atoms with Gasteiger partial charge in [0, 0.05) is 12.2 Å². The first kappa shape index (κ1) is 15.9. The summed E-state index contributed by atoms with van der Waals surface area (Å²) >= 11 is 5.73. The van der Waals surface area contributed by atoms with E-state index in [1.54, 1.807) is 0 Å². The fraction of sp³-hybridized carbons (Fsp3) is 0.267. The lowest BCUT2D eigenvalue weighted by Crippen LogP contribution is -2.34. The maximum Gasteiger partial charge on any atom is 0.240 e. The summed E-state index contributed by atoms with van der Waals surface area (Å²) in [6.07, 6.45) is 2.01. The number of rotatable bonds is 5. The Balaban J connectivity index is 2.12. The Morgan fingerprint density at radius 1 is 1.29 bits per heavy atom. The van der Waals surface area contributed by atoms with Gasteiger partial charge >= 0.3 is 0 Å². The van der Waals surface area contributed by atoms with Gasteiger partial charge in [-0.05, 0) is 43.5 Å². The summed E-state index contributed by atoms with van der Waals surface area (Å²) < 4.78 is 27.2. The van der Waals surface area contributed by atoms with Crippen LogP contribution in [0.2, 0.25) is 5.15 Å². The maximum absolute atomic E-state index is 12.3. The molecule has 1 atom stereocenters. The van der Waals surface area contributed by atoms with Gasteiger partial charge in [-0.25, -0.2) is 18.1 Å². The molecule has 0 amide bonds. The van der Waals surface area contributed by atoms with Crippen molar-refractivity contribution in [1.82, 2.24) is 9.71 Å². The molecule has 0 aliphatic carbocycles. The van der Waals surface area contributed by atoms with Gasteiger partial charge in [0.15, 0.2) is 0 Å². The maximum atomic E-state index is 12.3. The second-order valence-corrected chi connectivity index (χ2v) is 7.07. The molecule has 0 radical (unpaired) electrons. The number of nitrogens with zero attached hydrogens (tertiary/aromatic N) is 1. The summed E-state index contributed by atoms with van der Waals surface area (Å²) in [6.45, 7) is 3.85. The Morgan fingerprint density at radius 2 is 2.00 bits per heavy atom. The molecule has 2 aromatic rings. The zero-order valence-electron chi connectivity index (χ0n) is 11.9. The Hall–Kier alpha value is -1.43. The van der Waals surface area contributed by atoms with Crippen molar-refractivity contribution in [3.05, 3.63) is 58.9 Å². The highest BCUT2D eigenvalue weighted by molar-refractivity contribution is 7.89. The largest absolute Gasteiger partial charge is 0.244 e. The molecule has 0 bridgehead atoms. The van der Waals surface area contributed by atoms with Crippen LogP contribution in [0.3, 0.4) is 0 Å².